The Labute approximate surface area is 173 Å². The van der Waals surface area contributed by atoms with Crippen molar-refractivity contribution in [2.45, 2.75) is 38.5 Å². The zero-order valence-electron chi connectivity index (χ0n) is 15.8. The molecule has 7 heteroatoms. The Morgan fingerprint density at radius 1 is 0.964 bits per heavy atom. The van der Waals surface area contributed by atoms with Gasteiger partial charge in [0.15, 0.2) is 0 Å². The Kier molecular flexibility index (Phi) is 7.89. The van der Waals surface area contributed by atoms with Crippen LogP contribution >= 0.6 is 12.4 Å². The maximum Gasteiger partial charge on any atom is 0.309 e. The number of halogens is 1. The molecule has 0 heterocycles. The summed E-state index contributed by atoms with van der Waals surface area (Å²) in [5, 5.41) is 7.42. The Bertz CT molecular complexity index is 875. The number of hydrogen-bond acceptors (Lipinski definition) is 4. The molecule has 1 saturated carbocycles. The van der Waals surface area contributed by atoms with Crippen LogP contribution in [0.15, 0.2) is 48.5 Å². The molecule has 0 atom stereocenters. The van der Waals surface area contributed by atoms with E-state index in [0.717, 1.165) is 36.8 Å². The van der Waals surface area contributed by atoms with Crippen LogP contribution in [0.25, 0.3) is 0 Å². The topological polar surface area (TPSA) is 93.2 Å². The fourth-order valence-electron chi connectivity index (χ4n) is 3.52. The third kappa shape index (κ3) is 6.53. The van der Waals surface area contributed by atoms with Crippen LogP contribution in [0.2, 0.25) is 0 Å². The molecule has 1 aliphatic carbocycles. The normalized spacial score (nSPS) is 14.9. The minimum absolute atomic E-state index is 0. The Balaban J connectivity index is 0.00000280. The maximum atomic E-state index is 12.3. The zero-order valence-corrected chi connectivity index (χ0v) is 17.4. The van der Waals surface area contributed by atoms with Gasteiger partial charge in [0.05, 0.1) is 5.75 Å². The van der Waals surface area contributed by atoms with Crippen LogP contribution in [0.3, 0.4) is 0 Å². The van der Waals surface area contributed by atoms with E-state index in [9.17, 15) is 8.42 Å². The number of rotatable bonds is 7. The molecule has 0 unspecified atom stereocenters. The molecule has 0 aromatic heterocycles. The molecule has 2 aromatic carbocycles. The lowest BCUT2D eigenvalue weighted by atomic mass is 9.91. The van der Waals surface area contributed by atoms with E-state index in [4.69, 9.17) is 15.3 Å². The van der Waals surface area contributed by atoms with Crippen molar-refractivity contribution in [2.75, 3.05) is 5.75 Å². The van der Waals surface area contributed by atoms with E-state index in [1.54, 1.807) is 12.1 Å². The van der Waals surface area contributed by atoms with E-state index >= 15 is 0 Å². The summed E-state index contributed by atoms with van der Waals surface area (Å²) in [4.78, 5) is 0. The van der Waals surface area contributed by atoms with Crippen LogP contribution in [-0.2, 0) is 16.5 Å². The van der Waals surface area contributed by atoms with E-state index in [-0.39, 0.29) is 29.9 Å². The second kappa shape index (κ2) is 9.94. The predicted molar refractivity (Wildman–Crippen MR) is 115 cm³/mol. The number of amidine groups is 1. The summed E-state index contributed by atoms with van der Waals surface area (Å²) >= 11 is 0. The molecule has 0 bridgehead atoms. The molecule has 3 rings (SSSR count). The van der Waals surface area contributed by atoms with E-state index in [1.807, 2.05) is 36.4 Å². The van der Waals surface area contributed by atoms with Gasteiger partial charge in [0.1, 0.15) is 11.6 Å². The van der Waals surface area contributed by atoms with Crippen molar-refractivity contribution in [3.05, 3.63) is 65.2 Å². The molecule has 5 nitrogen and oxygen atoms in total. The predicted octanol–water partition coefficient (Wildman–Crippen LogP) is 4.27. The van der Waals surface area contributed by atoms with Crippen LogP contribution in [0, 0.1) is 11.3 Å². The van der Waals surface area contributed by atoms with Crippen molar-refractivity contribution in [1.29, 1.82) is 5.41 Å². The standard InChI is InChI=1S/C21H26N2O3S.ClH/c22-21(23)19-10-6-16(7-11-19)14-17-8-12-20(13-9-17)26-27(24,25)15-18-4-2-1-3-5-18;/h6-13,18H,1-5,14-15H2,(H3,22,23);1H. The highest BCUT2D eigenvalue weighted by molar-refractivity contribution is 7.87. The SMILES string of the molecule is Cl.N=C(N)c1ccc(Cc2ccc(OS(=O)(=O)CC3CCCCC3)cc2)cc1. The summed E-state index contributed by atoms with van der Waals surface area (Å²) in [6, 6.07) is 14.7. The smallest absolute Gasteiger partial charge is 0.309 e. The lowest BCUT2D eigenvalue weighted by Crippen LogP contribution is -2.22. The first-order valence-electron chi connectivity index (χ1n) is 9.36. The van der Waals surface area contributed by atoms with Gasteiger partial charge in [-0.1, -0.05) is 55.7 Å². The molecule has 0 aliphatic heterocycles. The highest BCUT2D eigenvalue weighted by Crippen LogP contribution is 2.26. The number of benzene rings is 2. The van der Waals surface area contributed by atoms with Gasteiger partial charge in [0.25, 0.3) is 0 Å². The largest absolute Gasteiger partial charge is 0.384 e. The molecule has 2 aromatic rings. The van der Waals surface area contributed by atoms with Gasteiger partial charge in [-0.15, -0.1) is 12.4 Å². The van der Waals surface area contributed by atoms with Crippen molar-refractivity contribution in [3.8, 4) is 5.75 Å². The van der Waals surface area contributed by atoms with E-state index < -0.39 is 10.1 Å². The monoisotopic (exact) mass is 422 g/mol. The molecule has 0 spiro atoms. The van der Waals surface area contributed by atoms with Crippen molar-refractivity contribution in [3.63, 3.8) is 0 Å². The molecule has 3 N–H and O–H groups in total. The number of hydrogen-bond donors (Lipinski definition) is 2. The summed E-state index contributed by atoms with van der Waals surface area (Å²) in [7, 11) is -3.55. The minimum atomic E-state index is -3.55. The van der Waals surface area contributed by atoms with E-state index in [2.05, 4.69) is 0 Å². The van der Waals surface area contributed by atoms with Gasteiger partial charge in [-0.25, -0.2) is 0 Å². The average molecular weight is 423 g/mol. The van der Waals surface area contributed by atoms with Gasteiger partial charge in [-0.05, 0) is 48.4 Å². The summed E-state index contributed by atoms with van der Waals surface area (Å²) in [6.45, 7) is 0. The minimum Gasteiger partial charge on any atom is -0.384 e. The summed E-state index contributed by atoms with van der Waals surface area (Å²) in [5.74, 6) is 0.747. The second-order valence-corrected chi connectivity index (χ2v) is 8.86. The molecule has 1 fully saturated rings. The highest BCUT2D eigenvalue weighted by Gasteiger charge is 2.22. The molecule has 28 heavy (non-hydrogen) atoms. The molecule has 0 radical (unpaired) electrons. The van der Waals surface area contributed by atoms with Crippen LogP contribution in [0.5, 0.6) is 5.75 Å². The van der Waals surface area contributed by atoms with Crippen LogP contribution in [0.1, 0.15) is 48.8 Å². The fraction of sp³-hybridized carbons (Fsp3) is 0.381. The van der Waals surface area contributed by atoms with E-state index in [0.29, 0.717) is 17.7 Å². The Hall–Kier alpha value is -2.05. The lowest BCUT2D eigenvalue weighted by molar-refractivity contribution is 0.375. The van der Waals surface area contributed by atoms with Gasteiger partial charge < -0.3 is 9.92 Å². The summed E-state index contributed by atoms with van der Waals surface area (Å²) < 4.78 is 29.8. The van der Waals surface area contributed by atoms with Crippen molar-refractivity contribution >= 4 is 28.4 Å². The molecule has 0 amide bonds. The van der Waals surface area contributed by atoms with Gasteiger partial charge >= 0.3 is 10.1 Å². The third-order valence-electron chi connectivity index (χ3n) is 4.98. The quantitative estimate of drug-likeness (QED) is 0.395. The zero-order chi connectivity index (χ0) is 19.3. The molecular weight excluding hydrogens is 396 g/mol. The molecule has 0 saturated heterocycles. The van der Waals surface area contributed by atoms with Gasteiger partial charge in [0, 0.05) is 5.56 Å². The first kappa shape index (κ1) is 22.2. The first-order valence-corrected chi connectivity index (χ1v) is 10.9. The maximum absolute atomic E-state index is 12.3. The molecular formula is C21H27ClN2O3S. The van der Waals surface area contributed by atoms with Crippen molar-refractivity contribution in [1.82, 2.24) is 0 Å². The third-order valence-corrected chi connectivity index (χ3v) is 6.31. The molecule has 152 valence electrons. The number of nitrogens with one attached hydrogen (secondary N) is 1. The Morgan fingerprint density at radius 3 is 2.04 bits per heavy atom. The first-order chi connectivity index (χ1) is 12.9. The number of nitrogen functional groups attached to an aromatic ring is 1. The summed E-state index contributed by atoms with van der Waals surface area (Å²) in [5.41, 5.74) is 8.32. The van der Waals surface area contributed by atoms with Gasteiger partial charge in [-0.3, -0.25) is 5.41 Å². The highest BCUT2D eigenvalue weighted by atomic mass is 35.5. The van der Waals surface area contributed by atoms with Crippen LogP contribution < -0.4 is 9.92 Å². The van der Waals surface area contributed by atoms with Crippen molar-refractivity contribution in [2.24, 2.45) is 11.7 Å². The fourth-order valence-corrected chi connectivity index (χ4v) is 4.91. The van der Waals surface area contributed by atoms with Gasteiger partial charge in [0.2, 0.25) is 0 Å². The van der Waals surface area contributed by atoms with Crippen LogP contribution in [0.4, 0.5) is 0 Å². The second-order valence-electron chi connectivity index (χ2n) is 7.24. The summed E-state index contributed by atoms with van der Waals surface area (Å²) in [6.07, 6.45) is 6.10. The average Bonchev–Trinajstić information content (AvgIpc) is 2.64. The lowest BCUT2D eigenvalue weighted by Gasteiger charge is -2.21. The van der Waals surface area contributed by atoms with E-state index in [1.165, 1.54) is 6.42 Å². The number of nitrogens with two attached hydrogens (primary N) is 1. The van der Waals surface area contributed by atoms with Crippen molar-refractivity contribution < 1.29 is 12.6 Å². The van der Waals surface area contributed by atoms with Crippen LogP contribution in [-0.4, -0.2) is 20.0 Å². The molecule has 1 aliphatic rings. The Morgan fingerprint density at radius 2 is 1.50 bits per heavy atom. The van der Waals surface area contributed by atoms with Gasteiger partial charge in [-0.2, -0.15) is 8.42 Å².